The van der Waals surface area contributed by atoms with Gasteiger partial charge < -0.3 is 4.74 Å². The zero-order chi connectivity index (χ0) is 20.7. The fraction of sp³-hybridized carbons (Fsp3) is 0.462. The van der Waals surface area contributed by atoms with Crippen LogP contribution < -0.4 is 0 Å². The van der Waals surface area contributed by atoms with Gasteiger partial charge in [0, 0.05) is 6.42 Å². The fourth-order valence-corrected chi connectivity index (χ4v) is 4.66. The van der Waals surface area contributed by atoms with Crippen molar-refractivity contribution in [3.8, 4) is 0 Å². The standard InChI is InChI=1S/C26H32O3/c1-3-11-22(4-2)26(17-16-20-12-7-5-8-13-20)19-24(27)23(25(28)29-26)18-21-14-9-6-10-15-21/h5-10,12-15,22-23H,3-4,11,16-19H2,1-2H3. The summed E-state index contributed by atoms with van der Waals surface area (Å²) in [5.74, 6) is -0.774. The molecule has 3 heteroatoms. The Bertz CT molecular complexity index is 779. The van der Waals surface area contributed by atoms with Crippen LogP contribution in [0.15, 0.2) is 60.7 Å². The highest BCUT2D eigenvalue weighted by molar-refractivity contribution is 6.01. The Morgan fingerprint density at radius 3 is 2.14 bits per heavy atom. The number of carbonyl (C=O) groups is 2. The van der Waals surface area contributed by atoms with Crippen LogP contribution in [0.1, 0.15) is 57.1 Å². The van der Waals surface area contributed by atoms with E-state index in [2.05, 4.69) is 26.0 Å². The maximum absolute atomic E-state index is 13.2. The number of carbonyl (C=O) groups excluding carboxylic acids is 2. The van der Waals surface area contributed by atoms with Gasteiger partial charge in [-0.2, -0.15) is 0 Å². The summed E-state index contributed by atoms with van der Waals surface area (Å²) in [5, 5.41) is 0. The molecule has 0 saturated carbocycles. The molecule has 0 bridgehead atoms. The second kappa shape index (κ2) is 9.87. The minimum Gasteiger partial charge on any atom is -0.458 e. The van der Waals surface area contributed by atoms with Crippen LogP contribution in [-0.4, -0.2) is 17.4 Å². The third-order valence-electron chi connectivity index (χ3n) is 6.29. The number of cyclic esters (lactones) is 1. The van der Waals surface area contributed by atoms with Crippen molar-refractivity contribution in [3.05, 3.63) is 71.8 Å². The molecule has 0 aliphatic carbocycles. The number of hydrogen-bond donors (Lipinski definition) is 0. The molecule has 0 aromatic heterocycles. The number of ketones is 1. The number of Topliss-reactive ketones (excluding diaryl/α,β-unsaturated/α-hetero) is 1. The molecule has 3 unspecified atom stereocenters. The highest BCUT2D eigenvalue weighted by Gasteiger charge is 2.50. The largest absolute Gasteiger partial charge is 0.458 e. The smallest absolute Gasteiger partial charge is 0.317 e. The molecule has 1 heterocycles. The van der Waals surface area contributed by atoms with Crippen LogP contribution in [0, 0.1) is 11.8 Å². The summed E-state index contributed by atoms with van der Waals surface area (Å²) in [7, 11) is 0. The van der Waals surface area contributed by atoms with Crippen molar-refractivity contribution in [2.24, 2.45) is 11.8 Å². The summed E-state index contributed by atoms with van der Waals surface area (Å²) < 4.78 is 6.20. The van der Waals surface area contributed by atoms with E-state index in [0.717, 1.165) is 31.2 Å². The predicted molar refractivity (Wildman–Crippen MR) is 116 cm³/mol. The second-order valence-electron chi connectivity index (χ2n) is 8.25. The van der Waals surface area contributed by atoms with Gasteiger partial charge in [0.1, 0.15) is 11.5 Å². The molecule has 2 aromatic rings. The Hall–Kier alpha value is -2.42. The molecule has 0 N–H and O–H groups in total. The topological polar surface area (TPSA) is 43.4 Å². The minimum atomic E-state index is -0.679. The molecule has 29 heavy (non-hydrogen) atoms. The van der Waals surface area contributed by atoms with E-state index in [-0.39, 0.29) is 17.7 Å². The minimum absolute atomic E-state index is 0.0349. The Morgan fingerprint density at radius 2 is 1.59 bits per heavy atom. The lowest BCUT2D eigenvalue weighted by Gasteiger charge is -2.44. The van der Waals surface area contributed by atoms with Gasteiger partial charge in [-0.3, -0.25) is 9.59 Å². The number of ether oxygens (including phenoxy) is 1. The molecule has 2 aromatic carbocycles. The SMILES string of the molecule is CCCC(CC)C1(CCc2ccccc2)CC(=O)C(Cc2ccccc2)C(=O)O1. The molecule has 3 atom stereocenters. The number of benzene rings is 2. The number of rotatable bonds is 9. The van der Waals surface area contributed by atoms with Gasteiger partial charge in [-0.05, 0) is 49.1 Å². The van der Waals surface area contributed by atoms with Crippen molar-refractivity contribution in [2.75, 3.05) is 0 Å². The summed E-state index contributed by atoms with van der Waals surface area (Å²) in [4.78, 5) is 26.2. The average Bonchev–Trinajstić information content (AvgIpc) is 2.74. The maximum atomic E-state index is 13.2. The molecule has 3 nitrogen and oxygen atoms in total. The van der Waals surface area contributed by atoms with Crippen LogP contribution in [0.4, 0.5) is 0 Å². The molecule has 0 radical (unpaired) electrons. The first kappa shape index (κ1) is 21.3. The van der Waals surface area contributed by atoms with Crippen LogP contribution in [0.3, 0.4) is 0 Å². The highest BCUT2D eigenvalue weighted by Crippen LogP contribution is 2.41. The van der Waals surface area contributed by atoms with Crippen molar-refractivity contribution in [1.82, 2.24) is 0 Å². The lowest BCUT2D eigenvalue weighted by atomic mass is 9.71. The van der Waals surface area contributed by atoms with Gasteiger partial charge in [-0.25, -0.2) is 0 Å². The third-order valence-corrected chi connectivity index (χ3v) is 6.29. The molecule has 0 amide bonds. The lowest BCUT2D eigenvalue weighted by molar-refractivity contribution is -0.186. The molecule has 1 saturated heterocycles. The van der Waals surface area contributed by atoms with Crippen molar-refractivity contribution in [2.45, 2.75) is 64.4 Å². The van der Waals surface area contributed by atoms with Gasteiger partial charge >= 0.3 is 5.97 Å². The predicted octanol–water partition coefficient (Wildman–Crippen LogP) is 5.56. The van der Waals surface area contributed by atoms with E-state index in [9.17, 15) is 9.59 Å². The Labute approximate surface area is 174 Å². The number of aryl methyl sites for hydroxylation is 1. The molecule has 1 aliphatic heterocycles. The zero-order valence-corrected chi connectivity index (χ0v) is 17.6. The van der Waals surface area contributed by atoms with Gasteiger partial charge in [0.05, 0.1) is 0 Å². The van der Waals surface area contributed by atoms with Crippen molar-refractivity contribution >= 4 is 11.8 Å². The number of hydrogen-bond acceptors (Lipinski definition) is 3. The fourth-order valence-electron chi connectivity index (χ4n) is 4.66. The molecule has 1 aliphatic rings. The first-order valence-corrected chi connectivity index (χ1v) is 10.9. The van der Waals surface area contributed by atoms with E-state index in [1.807, 2.05) is 48.5 Å². The molecular weight excluding hydrogens is 360 g/mol. The quantitative estimate of drug-likeness (QED) is 0.414. The number of esters is 1. The van der Waals surface area contributed by atoms with Crippen molar-refractivity contribution in [3.63, 3.8) is 0 Å². The first-order chi connectivity index (χ1) is 14.1. The molecule has 0 spiro atoms. The molecule has 1 fully saturated rings. The molecular formula is C26H32O3. The normalized spacial score (nSPS) is 22.9. The van der Waals surface area contributed by atoms with Crippen molar-refractivity contribution in [1.29, 1.82) is 0 Å². The van der Waals surface area contributed by atoms with Gasteiger partial charge in [0.15, 0.2) is 5.78 Å². The van der Waals surface area contributed by atoms with Crippen LogP contribution in [0.5, 0.6) is 0 Å². The third kappa shape index (κ3) is 5.14. The van der Waals surface area contributed by atoms with E-state index >= 15 is 0 Å². The van der Waals surface area contributed by atoms with Gasteiger partial charge in [0.2, 0.25) is 0 Å². The van der Waals surface area contributed by atoms with Crippen LogP contribution >= 0.6 is 0 Å². The Balaban J connectivity index is 1.81. The second-order valence-corrected chi connectivity index (χ2v) is 8.25. The van der Waals surface area contributed by atoms with Gasteiger partial charge in [-0.1, -0.05) is 80.9 Å². The van der Waals surface area contributed by atoms with E-state index in [1.165, 1.54) is 5.56 Å². The summed E-state index contributed by atoms with van der Waals surface area (Å²) in [6.45, 7) is 4.29. The van der Waals surface area contributed by atoms with Gasteiger partial charge in [-0.15, -0.1) is 0 Å². The average molecular weight is 393 g/mol. The zero-order valence-electron chi connectivity index (χ0n) is 17.6. The van der Waals surface area contributed by atoms with Crippen molar-refractivity contribution < 1.29 is 14.3 Å². The lowest BCUT2D eigenvalue weighted by Crippen LogP contribution is -2.52. The summed E-state index contributed by atoms with van der Waals surface area (Å²) >= 11 is 0. The van der Waals surface area contributed by atoms with Crippen LogP contribution in [0.25, 0.3) is 0 Å². The van der Waals surface area contributed by atoms with Crippen LogP contribution in [-0.2, 0) is 27.2 Å². The van der Waals surface area contributed by atoms with Gasteiger partial charge in [0.25, 0.3) is 0 Å². The molecule has 154 valence electrons. The first-order valence-electron chi connectivity index (χ1n) is 10.9. The monoisotopic (exact) mass is 392 g/mol. The van der Waals surface area contributed by atoms with E-state index in [1.54, 1.807) is 0 Å². The van der Waals surface area contributed by atoms with E-state index in [0.29, 0.717) is 19.3 Å². The highest BCUT2D eigenvalue weighted by atomic mass is 16.6. The Morgan fingerprint density at radius 1 is 0.966 bits per heavy atom. The summed E-state index contributed by atoms with van der Waals surface area (Å²) in [5.41, 5.74) is 1.54. The maximum Gasteiger partial charge on any atom is 0.317 e. The van der Waals surface area contributed by atoms with E-state index < -0.39 is 11.5 Å². The van der Waals surface area contributed by atoms with Crippen LogP contribution in [0.2, 0.25) is 0 Å². The van der Waals surface area contributed by atoms with E-state index in [4.69, 9.17) is 4.74 Å². The summed E-state index contributed by atoms with van der Waals surface area (Å²) in [6, 6.07) is 20.0. The molecule has 3 rings (SSSR count). The summed E-state index contributed by atoms with van der Waals surface area (Å²) in [6.07, 6.45) is 5.17. The Kier molecular flexibility index (Phi) is 7.24.